The quantitative estimate of drug-likeness (QED) is 0.865. The lowest BCUT2D eigenvalue weighted by molar-refractivity contribution is -0.137. The van der Waals surface area contributed by atoms with Gasteiger partial charge in [-0.3, -0.25) is 4.90 Å². The predicted molar refractivity (Wildman–Crippen MR) is 83.1 cm³/mol. The number of hydrogen-bond acceptors (Lipinski definition) is 2. The molecule has 0 radical (unpaired) electrons. The number of halogens is 4. The van der Waals surface area contributed by atoms with Crippen LogP contribution in [-0.2, 0) is 6.18 Å². The Morgan fingerprint density at radius 1 is 1.09 bits per heavy atom. The zero-order valence-electron chi connectivity index (χ0n) is 13.1. The number of benzene rings is 1. The Bertz CT molecular complexity index is 517. The highest BCUT2D eigenvalue weighted by Crippen LogP contribution is 2.41. The summed E-state index contributed by atoms with van der Waals surface area (Å²) in [6.07, 6.45) is -4.38. The fourth-order valence-electron chi connectivity index (χ4n) is 3.13. The fraction of sp³-hybridized carbons (Fsp3) is 0.625. The average Bonchev–Trinajstić information content (AvgIpc) is 2.36. The molecule has 22 heavy (non-hydrogen) atoms. The van der Waals surface area contributed by atoms with E-state index in [9.17, 15) is 13.2 Å². The van der Waals surface area contributed by atoms with Crippen LogP contribution in [0.3, 0.4) is 0 Å². The van der Waals surface area contributed by atoms with Gasteiger partial charge in [-0.2, -0.15) is 13.2 Å². The Balaban J connectivity index is 2.45. The highest BCUT2D eigenvalue weighted by molar-refractivity contribution is 6.30. The lowest BCUT2D eigenvalue weighted by Gasteiger charge is -2.42. The zero-order chi connectivity index (χ0) is 16.5. The predicted octanol–water partition coefficient (Wildman–Crippen LogP) is 4.35. The number of hydrogen-bond donors (Lipinski definition) is 1. The lowest BCUT2D eigenvalue weighted by Crippen LogP contribution is -2.48. The van der Waals surface area contributed by atoms with Gasteiger partial charge in [0.25, 0.3) is 0 Å². The second kappa shape index (κ2) is 6.38. The molecule has 0 saturated carbocycles. The van der Waals surface area contributed by atoms with Gasteiger partial charge in [0.15, 0.2) is 0 Å². The zero-order valence-corrected chi connectivity index (χ0v) is 13.9. The third-order valence-corrected chi connectivity index (χ3v) is 4.12. The van der Waals surface area contributed by atoms with Crippen molar-refractivity contribution in [3.8, 4) is 0 Å². The van der Waals surface area contributed by atoms with Crippen LogP contribution >= 0.6 is 11.6 Å². The second-order valence-corrected chi connectivity index (χ2v) is 7.26. The molecule has 1 aromatic carbocycles. The molecule has 1 heterocycles. The molecule has 0 spiro atoms. The van der Waals surface area contributed by atoms with Gasteiger partial charge in [0.1, 0.15) is 0 Å². The van der Waals surface area contributed by atoms with Crippen molar-refractivity contribution in [3.63, 3.8) is 0 Å². The first kappa shape index (κ1) is 17.6. The molecule has 2 nitrogen and oxygen atoms in total. The van der Waals surface area contributed by atoms with E-state index in [-0.39, 0.29) is 16.5 Å². The van der Waals surface area contributed by atoms with Gasteiger partial charge in [-0.25, -0.2) is 0 Å². The largest absolute Gasteiger partial charge is 0.416 e. The molecule has 0 unspecified atom stereocenters. The van der Waals surface area contributed by atoms with Gasteiger partial charge in [0, 0.05) is 37.2 Å². The summed E-state index contributed by atoms with van der Waals surface area (Å²) in [5.41, 5.74) is -0.237. The molecule has 2 rings (SSSR count). The number of rotatable bonds is 2. The van der Waals surface area contributed by atoms with Crippen LogP contribution in [-0.4, -0.2) is 31.1 Å². The topological polar surface area (TPSA) is 15.3 Å². The molecule has 0 amide bonds. The highest BCUT2D eigenvalue weighted by atomic mass is 35.5. The van der Waals surface area contributed by atoms with Gasteiger partial charge in [-0.15, -0.1) is 0 Å². The summed E-state index contributed by atoms with van der Waals surface area (Å²) < 4.78 is 39.2. The molecule has 1 saturated heterocycles. The van der Waals surface area contributed by atoms with Gasteiger partial charge in [0.05, 0.1) is 5.56 Å². The van der Waals surface area contributed by atoms with Crippen LogP contribution in [0.1, 0.15) is 37.9 Å². The third-order valence-electron chi connectivity index (χ3n) is 3.90. The summed E-state index contributed by atoms with van der Waals surface area (Å²) in [7, 11) is 0. The van der Waals surface area contributed by atoms with Gasteiger partial charge in [-0.05, 0) is 29.2 Å². The molecule has 0 aromatic heterocycles. The van der Waals surface area contributed by atoms with Crippen LogP contribution < -0.4 is 5.32 Å². The standard InChI is InChI=1S/C16H22ClF3N2/c1-15(2,3)14(22-6-4-21-5-7-22)11-8-12(16(18,19)20)10-13(17)9-11/h8-10,14,21H,4-7H2,1-3H3/t14-/m1/s1. The number of nitrogens with zero attached hydrogens (tertiary/aromatic N) is 1. The molecule has 1 atom stereocenters. The normalized spacial score (nSPS) is 19.2. The Morgan fingerprint density at radius 2 is 1.68 bits per heavy atom. The van der Waals surface area contributed by atoms with Crippen molar-refractivity contribution in [1.29, 1.82) is 0 Å². The minimum absolute atomic E-state index is 0.102. The highest BCUT2D eigenvalue weighted by Gasteiger charge is 2.36. The van der Waals surface area contributed by atoms with Crippen LogP contribution in [0.5, 0.6) is 0 Å². The molecule has 1 fully saturated rings. The van der Waals surface area contributed by atoms with Crippen LogP contribution in [0.25, 0.3) is 0 Å². The van der Waals surface area contributed by atoms with Gasteiger partial charge in [0.2, 0.25) is 0 Å². The van der Waals surface area contributed by atoms with Crippen molar-refractivity contribution in [1.82, 2.24) is 10.2 Å². The third kappa shape index (κ3) is 4.15. The van der Waals surface area contributed by atoms with E-state index in [1.54, 1.807) is 6.07 Å². The number of alkyl halides is 3. The SMILES string of the molecule is CC(C)(C)[C@@H](c1cc(Cl)cc(C(F)(F)F)c1)N1CCNCC1. The summed E-state index contributed by atoms with van der Waals surface area (Å²) in [6, 6.07) is 3.79. The van der Waals surface area contributed by atoms with Gasteiger partial charge in [-0.1, -0.05) is 32.4 Å². The molecule has 1 aromatic rings. The number of nitrogens with one attached hydrogen (secondary N) is 1. The van der Waals surface area contributed by atoms with E-state index in [0.29, 0.717) is 5.56 Å². The van der Waals surface area contributed by atoms with Crippen LogP contribution in [0, 0.1) is 5.41 Å². The molecular formula is C16H22ClF3N2. The molecule has 1 aliphatic rings. The second-order valence-electron chi connectivity index (χ2n) is 6.83. The summed E-state index contributed by atoms with van der Waals surface area (Å²) in [5, 5.41) is 3.41. The molecule has 0 bridgehead atoms. The first-order chi connectivity index (χ1) is 10.1. The number of piperazine rings is 1. The van der Waals surface area contributed by atoms with E-state index in [0.717, 1.165) is 32.2 Å². The van der Waals surface area contributed by atoms with Gasteiger partial charge < -0.3 is 5.32 Å². The van der Waals surface area contributed by atoms with E-state index < -0.39 is 11.7 Å². The van der Waals surface area contributed by atoms with Crippen LogP contribution in [0.4, 0.5) is 13.2 Å². The van der Waals surface area contributed by atoms with Crippen molar-refractivity contribution in [2.24, 2.45) is 5.41 Å². The fourth-order valence-corrected chi connectivity index (χ4v) is 3.38. The smallest absolute Gasteiger partial charge is 0.314 e. The Kier molecular flexibility index (Phi) is 5.09. The summed E-state index contributed by atoms with van der Waals surface area (Å²) in [6.45, 7) is 9.47. The van der Waals surface area contributed by atoms with Crippen molar-refractivity contribution >= 4 is 11.6 Å². The van der Waals surface area contributed by atoms with Crippen molar-refractivity contribution in [2.75, 3.05) is 26.2 Å². The Hall–Kier alpha value is -0.780. The van der Waals surface area contributed by atoms with Gasteiger partial charge >= 0.3 is 6.18 Å². The van der Waals surface area contributed by atoms with Crippen molar-refractivity contribution in [3.05, 3.63) is 34.3 Å². The molecule has 1 N–H and O–H groups in total. The van der Waals surface area contributed by atoms with Crippen LogP contribution in [0.2, 0.25) is 5.02 Å². The summed E-state index contributed by atoms with van der Waals surface area (Å²) >= 11 is 5.96. The minimum atomic E-state index is -4.38. The minimum Gasteiger partial charge on any atom is -0.314 e. The first-order valence-electron chi connectivity index (χ1n) is 7.41. The molecular weight excluding hydrogens is 313 g/mol. The van der Waals surface area contributed by atoms with E-state index in [1.807, 2.05) is 20.8 Å². The molecule has 124 valence electrons. The van der Waals surface area contributed by atoms with E-state index >= 15 is 0 Å². The lowest BCUT2D eigenvalue weighted by atomic mass is 9.80. The van der Waals surface area contributed by atoms with Crippen LogP contribution in [0.15, 0.2) is 18.2 Å². The molecule has 1 aliphatic heterocycles. The van der Waals surface area contributed by atoms with E-state index in [1.165, 1.54) is 6.07 Å². The molecule has 0 aliphatic carbocycles. The van der Waals surface area contributed by atoms with E-state index in [4.69, 9.17) is 11.6 Å². The average molecular weight is 335 g/mol. The van der Waals surface area contributed by atoms with E-state index in [2.05, 4.69) is 10.2 Å². The molecule has 6 heteroatoms. The Labute approximate surface area is 134 Å². The maximum atomic E-state index is 13.1. The summed E-state index contributed by atoms with van der Waals surface area (Å²) in [5.74, 6) is 0. The summed E-state index contributed by atoms with van der Waals surface area (Å²) in [4.78, 5) is 2.24. The van der Waals surface area contributed by atoms with Crippen molar-refractivity contribution < 1.29 is 13.2 Å². The monoisotopic (exact) mass is 334 g/mol. The van der Waals surface area contributed by atoms with Crippen molar-refractivity contribution in [2.45, 2.75) is 33.0 Å². The first-order valence-corrected chi connectivity index (χ1v) is 7.79. The maximum Gasteiger partial charge on any atom is 0.416 e. The Morgan fingerprint density at radius 3 is 2.18 bits per heavy atom. The maximum absolute atomic E-state index is 13.1.